The van der Waals surface area contributed by atoms with Crippen LogP contribution in [-0.2, 0) is 4.79 Å². The average molecular weight is 234 g/mol. The molecule has 0 atom stereocenters. The predicted molar refractivity (Wildman–Crippen MR) is 66.1 cm³/mol. The average Bonchev–Trinajstić information content (AvgIpc) is 2.67. The lowest BCUT2D eigenvalue weighted by molar-refractivity contribution is -0.137. The van der Waals surface area contributed by atoms with Crippen molar-refractivity contribution in [3.63, 3.8) is 0 Å². The van der Waals surface area contributed by atoms with Crippen molar-refractivity contribution in [2.75, 3.05) is 13.1 Å². The van der Waals surface area contributed by atoms with Crippen LogP contribution in [0.2, 0.25) is 0 Å². The zero-order valence-electron chi connectivity index (χ0n) is 10.5. The number of hydrogen-bond acceptors (Lipinski definition) is 2. The molecule has 1 amide bonds. The maximum Gasteiger partial charge on any atom is 0.225 e. The summed E-state index contributed by atoms with van der Waals surface area (Å²) in [6.45, 7) is 1.60. The minimum Gasteiger partial charge on any atom is -0.342 e. The van der Waals surface area contributed by atoms with Gasteiger partial charge >= 0.3 is 0 Å². The molecule has 94 valence electrons. The highest BCUT2D eigenvalue weighted by molar-refractivity contribution is 5.78. The fourth-order valence-electron chi connectivity index (χ4n) is 3.01. The number of rotatable bonds is 1. The highest BCUT2D eigenvalue weighted by atomic mass is 16.2. The van der Waals surface area contributed by atoms with Crippen LogP contribution < -0.4 is 0 Å². The summed E-state index contributed by atoms with van der Waals surface area (Å²) < 4.78 is 0. The maximum absolute atomic E-state index is 12.3. The smallest absolute Gasteiger partial charge is 0.225 e. The molecule has 2 rings (SSSR count). The zero-order valence-corrected chi connectivity index (χ0v) is 10.5. The maximum atomic E-state index is 12.3. The number of nitriles is 1. The van der Waals surface area contributed by atoms with E-state index in [0.29, 0.717) is 5.91 Å². The Balaban J connectivity index is 1.85. The van der Waals surface area contributed by atoms with Crippen molar-refractivity contribution >= 4 is 5.91 Å². The second kappa shape index (κ2) is 6.05. The van der Waals surface area contributed by atoms with E-state index in [4.69, 9.17) is 5.26 Å². The van der Waals surface area contributed by atoms with Crippen LogP contribution in [0.15, 0.2) is 0 Å². The van der Waals surface area contributed by atoms with Gasteiger partial charge in [-0.3, -0.25) is 4.79 Å². The van der Waals surface area contributed by atoms with Crippen molar-refractivity contribution in [3.8, 4) is 6.07 Å². The van der Waals surface area contributed by atoms with Crippen molar-refractivity contribution in [1.82, 2.24) is 4.90 Å². The first-order valence-corrected chi connectivity index (χ1v) is 6.99. The van der Waals surface area contributed by atoms with Gasteiger partial charge in [0.2, 0.25) is 5.91 Å². The predicted octanol–water partition coefficient (Wildman–Crippen LogP) is 2.72. The molecule has 1 saturated heterocycles. The third-order valence-corrected chi connectivity index (χ3v) is 4.19. The van der Waals surface area contributed by atoms with Crippen LogP contribution in [0.3, 0.4) is 0 Å². The molecule has 0 radical (unpaired) electrons. The molecule has 1 saturated carbocycles. The van der Waals surface area contributed by atoms with Gasteiger partial charge < -0.3 is 4.90 Å². The van der Waals surface area contributed by atoms with E-state index in [9.17, 15) is 4.79 Å². The number of amides is 1. The van der Waals surface area contributed by atoms with Gasteiger partial charge in [0.15, 0.2) is 0 Å². The van der Waals surface area contributed by atoms with E-state index in [0.717, 1.165) is 38.8 Å². The van der Waals surface area contributed by atoms with Crippen molar-refractivity contribution in [3.05, 3.63) is 0 Å². The number of carbonyl (C=O) groups is 1. The largest absolute Gasteiger partial charge is 0.342 e. The van der Waals surface area contributed by atoms with Gasteiger partial charge in [-0.2, -0.15) is 5.26 Å². The molecule has 0 aromatic heterocycles. The fourth-order valence-corrected chi connectivity index (χ4v) is 3.01. The highest BCUT2D eigenvalue weighted by Gasteiger charge is 2.28. The summed E-state index contributed by atoms with van der Waals surface area (Å²) in [5.74, 6) is 0.813. The molecule has 1 heterocycles. The molecule has 0 aromatic rings. The van der Waals surface area contributed by atoms with Gasteiger partial charge in [-0.1, -0.05) is 25.7 Å². The van der Waals surface area contributed by atoms with E-state index in [1.807, 2.05) is 4.90 Å². The molecule has 17 heavy (non-hydrogen) atoms. The van der Waals surface area contributed by atoms with E-state index >= 15 is 0 Å². The minimum absolute atomic E-state index is 0.174. The van der Waals surface area contributed by atoms with Gasteiger partial charge in [0, 0.05) is 24.9 Å². The summed E-state index contributed by atoms with van der Waals surface area (Å²) in [5.41, 5.74) is 0. The third kappa shape index (κ3) is 3.21. The molecule has 0 bridgehead atoms. The summed E-state index contributed by atoms with van der Waals surface area (Å²) in [4.78, 5) is 14.3. The van der Waals surface area contributed by atoms with Crippen LogP contribution in [0.4, 0.5) is 0 Å². The third-order valence-electron chi connectivity index (χ3n) is 4.19. The zero-order chi connectivity index (χ0) is 12.1. The molecule has 1 aliphatic heterocycles. The normalized spacial score (nSPS) is 24.1. The SMILES string of the molecule is N#CC1CCN(C(=O)C2CCCCCC2)CC1. The van der Waals surface area contributed by atoms with Gasteiger partial charge in [-0.25, -0.2) is 0 Å². The van der Waals surface area contributed by atoms with Gasteiger partial charge in [-0.15, -0.1) is 0 Å². The van der Waals surface area contributed by atoms with Crippen molar-refractivity contribution in [2.45, 2.75) is 51.4 Å². The lowest BCUT2D eigenvalue weighted by Crippen LogP contribution is -2.41. The molecule has 3 nitrogen and oxygen atoms in total. The first kappa shape index (κ1) is 12.4. The second-order valence-corrected chi connectivity index (χ2v) is 5.42. The molecular formula is C14H22N2O. The van der Waals surface area contributed by atoms with Gasteiger partial charge in [0.25, 0.3) is 0 Å². The van der Waals surface area contributed by atoms with Gasteiger partial charge in [0.1, 0.15) is 0 Å². The van der Waals surface area contributed by atoms with Crippen LogP contribution in [0, 0.1) is 23.2 Å². The van der Waals surface area contributed by atoms with E-state index in [2.05, 4.69) is 6.07 Å². The molecule has 0 aromatic carbocycles. The van der Waals surface area contributed by atoms with Crippen molar-refractivity contribution in [1.29, 1.82) is 5.26 Å². The van der Waals surface area contributed by atoms with E-state index in [1.165, 1.54) is 25.7 Å². The number of nitrogens with zero attached hydrogens (tertiary/aromatic N) is 2. The van der Waals surface area contributed by atoms with Crippen LogP contribution in [0.1, 0.15) is 51.4 Å². The number of carbonyl (C=O) groups excluding carboxylic acids is 1. The number of likely N-dealkylation sites (tertiary alicyclic amines) is 1. The van der Waals surface area contributed by atoms with E-state index in [1.54, 1.807) is 0 Å². The lowest BCUT2D eigenvalue weighted by atomic mass is 9.94. The molecule has 2 fully saturated rings. The Labute approximate surface area is 104 Å². The first-order valence-electron chi connectivity index (χ1n) is 6.99. The van der Waals surface area contributed by atoms with Gasteiger partial charge in [-0.05, 0) is 25.7 Å². The minimum atomic E-state index is 0.174. The highest BCUT2D eigenvalue weighted by Crippen LogP contribution is 2.26. The second-order valence-electron chi connectivity index (χ2n) is 5.42. The molecular weight excluding hydrogens is 212 g/mol. The Morgan fingerprint density at radius 3 is 2.12 bits per heavy atom. The molecule has 2 aliphatic rings. The van der Waals surface area contributed by atoms with Crippen molar-refractivity contribution < 1.29 is 4.79 Å². The Morgan fingerprint density at radius 2 is 1.59 bits per heavy atom. The Morgan fingerprint density at radius 1 is 1.00 bits per heavy atom. The number of hydrogen-bond donors (Lipinski definition) is 0. The summed E-state index contributed by atoms with van der Waals surface area (Å²) in [6, 6.07) is 2.31. The first-order chi connectivity index (χ1) is 8.31. The van der Waals surface area contributed by atoms with Crippen molar-refractivity contribution in [2.24, 2.45) is 11.8 Å². The fraction of sp³-hybridized carbons (Fsp3) is 0.857. The lowest BCUT2D eigenvalue weighted by Gasteiger charge is -2.32. The summed E-state index contributed by atoms with van der Waals surface area (Å²) >= 11 is 0. The summed E-state index contributed by atoms with van der Waals surface area (Å²) in [5, 5.41) is 8.85. The quantitative estimate of drug-likeness (QED) is 0.655. The van der Waals surface area contributed by atoms with Crippen LogP contribution in [-0.4, -0.2) is 23.9 Å². The van der Waals surface area contributed by atoms with Crippen LogP contribution in [0.5, 0.6) is 0 Å². The van der Waals surface area contributed by atoms with E-state index in [-0.39, 0.29) is 11.8 Å². The standard InChI is InChI=1S/C14H22N2O/c15-11-12-7-9-16(10-8-12)14(17)13-5-3-1-2-4-6-13/h12-13H,1-10H2. The monoisotopic (exact) mass is 234 g/mol. The summed E-state index contributed by atoms with van der Waals surface area (Å²) in [6.07, 6.45) is 8.91. The molecule has 0 spiro atoms. The Hall–Kier alpha value is -1.04. The van der Waals surface area contributed by atoms with E-state index < -0.39 is 0 Å². The van der Waals surface area contributed by atoms with Crippen LogP contribution >= 0.6 is 0 Å². The Kier molecular flexibility index (Phi) is 4.42. The topological polar surface area (TPSA) is 44.1 Å². The molecule has 3 heteroatoms. The molecule has 0 unspecified atom stereocenters. The summed E-state index contributed by atoms with van der Waals surface area (Å²) in [7, 11) is 0. The van der Waals surface area contributed by atoms with Crippen LogP contribution in [0.25, 0.3) is 0 Å². The number of piperidine rings is 1. The molecule has 1 aliphatic carbocycles. The Bertz CT molecular complexity index is 292. The van der Waals surface area contributed by atoms with Gasteiger partial charge in [0.05, 0.1) is 6.07 Å². The molecule has 0 N–H and O–H groups in total.